The summed E-state index contributed by atoms with van der Waals surface area (Å²) in [4.78, 5) is 5.20. The lowest BCUT2D eigenvalue weighted by Crippen LogP contribution is -2.08. The summed E-state index contributed by atoms with van der Waals surface area (Å²) < 4.78 is 0. The van der Waals surface area contributed by atoms with E-state index in [-0.39, 0.29) is 0 Å². The zero-order valence-corrected chi connectivity index (χ0v) is 16.5. The maximum absolute atomic E-state index is 5.20. The number of hydrogen-bond donors (Lipinski definition) is 0. The molecule has 140 valence electrons. The molecule has 0 amide bonds. The van der Waals surface area contributed by atoms with Gasteiger partial charge in [-0.3, -0.25) is 4.98 Å². The lowest BCUT2D eigenvalue weighted by atomic mass is 9.91. The van der Waals surface area contributed by atoms with Gasteiger partial charge in [-0.15, -0.1) is 0 Å². The summed E-state index contributed by atoms with van der Waals surface area (Å²) in [6.07, 6.45) is 26.2. The van der Waals surface area contributed by atoms with Crippen molar-refractivity contribution >= 4 is 0 Å². The van der Waals surface area contributed by atoms with Crippen LogP contribution >= 0.6 is 0 Å². The normalized spacial score (nSPS) is 21.8. The van der Waals surface area contributed by atoms with Crippen LogP contribution in [0.5, 0.6) is 0 Å². The van der Waals surface area contributed by atoms with Crippen LogP contribution in [0.25, 0.3) is 0 Å². The van der Waals surface area contributed by atoms with Crippen molar-refractivity contribution in [2.24, 2.45) is 0 Å². The number of hydrogen-bond acceptors (Lipinski definition) is 1. The topological polar surface area (TPSA) is 12.9 Å². The Labute approximate surface area is 156 Å². The molecule has 2 bridgehead atoms. The molecule has 0 unspecified atom stereocenters. The minimum Gasteiger partial charge on any atom is -0.258 e. The van der Waals surface area contributed by atoms with E-state index in [0.29, 0.717) is 0 Å². The van der Waals surface area contributed by atoms with Gasteiger partial charge < -0.3 is 0 Å². The van der Waals surface area contributed by atoms with E-state index >= 15 is 0 Å². The Morgan fingerprint density at radius 3 is 1.60 bits per heavy atom. The first-order valence-corrected chi connectivity index (χ1v) is 11.4. The highest BCUT2D eigenvalue weighted by Gasteiger charge is 2.14. The van der Waals surface area contributed by atoms with Gasteiger partial charge in [0.15, 0.2) is 0 Å². The molecule has 0 atom stereocenters. The summed E-state index contributed by atoms with van der Waals surface area (Å²) >= 11 is 0. The average molecular weight is 342 g/mol. The predicted molar refractivity (Wildman–Crippen MR) is 108 cm³/mol. The van der Waals surface area contributed by atoms with Crippen LogP contribution in [0.2, 0.25) is 0 Å². The minimum atomic E-state index is 1.21. The fourth-order valence-electron chi connectivity index (χ4n) is 4.77. The van der Waals surface area contributed by atoms with E-state index in [1.165, 1.54) is 133 Å². The predicted octanol–water partition coefficient (Wildman–Crippen LogP) is 7.13. The molecule has 3 rings (SSSR count). The van der Waals surface area contributed by atoms with Crippen molar-refractivity contribution < 1.29 is 0 Å². The van der Waals surface area contributed by atoms with Gasteiger partial charge >= 0.3 is 0 Å². The molecule has 0 aromatic carbocycles. The third-order valence-corrected chi connectivity index (χ3v) is 6.32. The maximum Gasteiger partial charge on any atom is 0.0441 e. The zero-order chi connectivity index (χ0) is 17.2. The van der Waals surface area contributed by atoms with Crippen molar-refractivity contribution in [2.75, 3.05) is 0 Å². The second-order valence-electron chi connectivity index (χ2n) is 8.50. The van der Waals surface area contributed by atoms with Crippen molar-refractivity contribution in [1.29, 1.82) is 0 Å². The Bertz CT molecular complexity index is 501. The molecule has 1 heteroatoms. The third-order valence-electron chi connectivity index (χ3n) is 6.32. The molecular weight excluding hydrogens is 302 g/mol. The molecule has 0 saturated heterocycles. The highest BCUT2D eigenvalue weighted by Crippen LogP contribution is 2.25. The van der Waals surface area contributed by atoms with Crippen molar-refractivity contribution in [3.63, 3.8) is 0 Å². The lowest BCUT2D eigenvalue weighted by Gasteiger charge is -2.18. The van der Waals surface area contributed by atoms with Gasteiger partial charge in [0, 0.05) is 11.4 Å². The quantitative estimate of drug-likeness (QED) is 0.489. The lowest BCUT2D eigenvalue weighted by molar-refractivity contribution is 0.550. The van der Waals surface area contributed by atoms with Crippen LogP contribution in [-0.2, 0) is 25.7 Å². The first-order chi connectivity index (χ1) is 12.4. The molecule has 1 heterocycles. The Balaban J connectivity index is 1.81. The molecule has 0 saturated carbocycles. The molecule has 0 fully saturated rings. The molecule has 2 aliphatic carbocycles. The summed E-state index contributed by atoms with van der Waals surface area (Å²) in [5.74, 6) is 0. The highest BCUT2D eigenvalue weighted by molar-refractivity contribution is 5.34. The summed E-state index contributed by atoms with van der Waals surface area (Å²) in [6, 6.07) is 2.51. The van der Waals surface area contributed by atoms with Crippen LogP contribution in [0.1, 0.15) is 119 Å². The molecule has 0 aliphatic heterocycles. The van der Waals surface area contributed by atoms with Gasteiger partial charge in [0.05, 0.1) is 0 Å². The second-order valence-corrected chi connectivity index (χ2v) is 8.50. The van der Waals surface area contributed by atoms with Crippen molar-refractivity contribution in [3.05, 3.63) is 28.6 Å². The van der Waals surface area contributed by atoms with Gasteiger partial charge in [-0.1, -0.05) is 70.6 Å². The molecule has 1 aromatic heterocycles. The molecule has 1 nitrogen and oxygen atoms in total. The summed E-state index contributed by atoms with van der Waals surface area (Å²) in [7, 11) is 0. The van der Waals surface area contributed by atoms with E-state index in [0.717, 1.165) is 0 Å². The standard InChI is InChI=1S/C24H39N/c1-2-7-11-15-19-24-23(18-14-10-6-1)21-16-12-8-4-3-5-9-13-17-22(20-21)25-24/h20H,1-19H2. The van der Waals surface area contributed by atoms with E-state index in [4.69, 9.17) is 4.98 Å². The van der Waals surface area contributed by atoms with E-state index in [1.54, 1.807) is 11.1 Å². The largest absolute Gasteiger partial charge is 0.258 e. The Kier molecular flexibility index (Phi) is 8.32. The van der Waals surface area contributed by atoms with Gasteiger partial charge in [-0.05, 0) is 68.6 Å². The van der Waals surface area contributed by atoms with E-state index in [9.17, 15) is 0 Å². The van der Waals surface area contributed by atoms with Gasteiger partial charge in [0.1, 0.15) is 0 Å². The first kappa shape index (κ1) is 18.9. The van der Waals surface area contributed by atoms with Crippen LogP contribution < -0.4 is 0 Å². The number of fused-ring (bicyclic) bond motifs is 4. The Morgan fingerprint density at radius 2 is 0.960 bits per heavy atom. The molecule has 1 aromatic rings. The number of nitrogens with zero attached hydrogens (tertiary/aromatic N) is 1. The fraction of sp³-hybridized carbons (Fsp3) is 0.792. The Morgan fingerprint density at radius 1 is 0.480 bits per heavy atom. The minimum absolute atomic E-state index is 1.21. The van der Waals surface area contributed by atoms with Crippen molar-refractivity contribution in [3.8, 4) is 0 Å². The van der Waals surface area contributed by atoms with Crippen molar-refractivity contribution in [1.82, 2.24) is 4.98 Å². The molecule has 0 N–H and O–H groups in total. The van der Waals surface area contributed by atoms with Gasteiger partial charge in [-0.25, -0.2) is 0 Å². The van der Waals surface area contributed by atoms with Gasteiger partial charge in [0.25, 0.3) is 0 Å². The molecule has 25 heavy (non-hydrogen) atoms. The van der Waals surface area contributed by atoms with E-state index in [2.05, 4.69) is 6.07 Å². The van der Waals surface area contributed by atoms with Crippen LogP contribution in [0.3, 0.4) is 0 Å². The first-order valence-electron chi connectivity index (χ1n) is 11.4. The zero-order valence-electron chi connectivity index (χ0n) is 16.5. The van der Waals surface area contributed by atoms with Gasteiger partial charge in [0.2, 0.25) is 0 Å². The van der Waals surface area contributed by atoms with E-state index in [1.807, 2.05) is 0 Å². The Hall–Kier alpha value is -0.850. The molecular formula is C24H39N. The summed E-state index contributed by atoms with van der Waals surface area (Å²) in [5, 5.41) is 0. The van der Waals surface area contributed by atoms with E-state index < -0.39 is 0 Å². The molecule has 0 radical (unpaired) electrons. The highest BCUT2D eigenvalue weighted by atomic mass is 14.7. The summed E-state index contributed by atoms with van der Waals surface area (Å²) in [5.41, 5.74) is 6.24. The monoisotopic (exact) mass is 341 g/mol. The molecule has 0 spiro atoms. The van der Waals surface area contributed by atoms with Crippen LogP contribution in [0.4, 0.5) is 0 Å². The molecule has 2 aliphatic rings. The second kappa shape index (κ2) is 11.0. The SMILES string of the molecule is c1c2nc3c(c1CCCCCCCCC2)CCCCCCCCCC3. The van der Waals surface area contributed by atoms with Crippen LogP contribution in [-0.4, -0.2) is 4.98 Å². The van der Waals surface area contributed by atoms with Gasteiger partial charge in [-0.2, -0.15) is 0 Å². The fourth-order valence-corrected chi connectivity index (χ4v) is 4.77. The summed E-state index contributed by atoms with van der Waals surface area (Å²) in [6.45, 7) is 0. The number of rotatable bonds is 0. The third kappa shape index (κ3) is 6.42. The van der Waals surface area contributed by atoms with Crippen LogP contribution in [0.15, 0.2) is 6.07 Å². The number of aryl methyl sites for hydroxylation is 3. The van der Waals surface area contributed by atoms with Crippen molar-refractivity contribution in [2.45, 2.75) is 122 Å². The average Bonchev–Trinajstić information content (AvgIpc) is 2.60. The van der Waals surface area contributed by atoms with Crippen LogP contribution in [0, 0.1) is 0 Å². The maximum atomic E-state index is 5.20. The smallest absolute Gasteiger partial charge is 0.0441 e. The number of aromatic nitrogens is 1. The number of pyridine rings is 1.